The second-order valence-electron chi connectivity index (χ2n) is 8.13. The predicted octanol–water partition coefficient (Wildman–Crippen LogP) is 3.85. The van der Waals surface area contributed by atoms with E-state index in [9.17, 15) is 17.6 Å². The molecule has 2 aromatic heterocycles. The minimum absolute atomic E-state index is 0.126. The van der Waals surface area contributed by atoms with Crippen molar-refractivity contribution in [1.82, 2.24) is 24.5 Å². The average molecular weight is 509 g/mol. The van der Waals surface area contributed by atoms with Gasteiger partial charge < -0.3 is 9.88 Å². The summed E-state index contributed by atoms with van der Waals surface area (Å²) in [5.74, 6) is -0.610. The lowest BCUT2D eigenvalue weighted by Crippen LogP contribution is -2.11. The van der Waals surface area contributed by atoms with Crippen molar-refractivity contribution in [2.45, 2.75) is 30.5 Å². The molecule has 2 aromatic carbocycles. The van der Waals surface area contributed by atoms with Crippen molar-refractivity contribution < 1.29 is 17.6 Å². The molecule has 9 nitrogen and oxygen atoms in total. The van der Waals surface area contributed by atoms with Crippen molar-refractivity contribution in [3.8, 4) is 11.3 Å². The molecule has 11 heteroatoms. The van der Waals surface area contributed by atoms with E-state index < -0.39 is 15.7 Å². The zero-order valence-electron chi connectivity index (χ0n) is 19.8. The van der Waals surface area contributed by atoms with Crippen molar-refractivity contribution in [1.29, 1.82) is 0 Å². The van der Waals surface area contributed by atoms with Crippen LogP contribution >= 0.6 is 0 Å². The number of carbonyl (C=O) groups excluding carboxylic acids is 1. The maximum absolute atomic E-state index is 13.3. The lowest BCUT2D eigenvalue weighted by molar-refractivity contribution is -0.111. The van der Waals surface area contributed by atoms with Crippen LogP contribution in [0.3, 0.4) is 0 Å². The van der Waals surface area contributed by atoms with Crippen molar-refractivity contribution in [3.63, 3.8) is 0 Å². The van der Waals surface area contributed by atoms with Crippen LogP contribution in [0.1, 0.15) is 24.7 Å². The number of anilines is 1. The summed E-state index contributed by atoms with van der Waals surface area (Å²) in [5, 5.41) is 14.7. The monoisotopic (exact) mass is 508 g/mol. The highest BCUT2D eigenvalue weighted by molar-refractivity contribution is 7.90. The molecule has 0 unspecified atom stereocenters. The van der Waals surface area contributed by atoms with E-state index in [1.165, 1.54) is 48.8 Å². The lowest BCUT2D eigenvalue weighted by atomic mass is 10.1. The van der Waals surface area contributed by atoms with E-state index in [2.05, 4.69) is 20.6 Å². The summed E-state index contributed by atoms with van der Waals surface area (Å²) in [5.41, 5.74) is 2.64. The predicted molar refractivity (Wildman–Crippen MR) is 134 cm³/mol. The molecule has 0 spiro atoms. The summed E-state index contributed by atoms with van der Waals surface area (Å²) >= 11 is 0. The summed E-state index contributed by atoms with van der Waals surface area (Å²) in [7, 11) is -1.87. The topological polar surface area (TPSA) is 112 Å². The van der Waals surface area contributed by atoms with Gasteiger partial charge in [0.05, 0.1) is 16.8 Å². The number of sulfone groups is 1. The first-order valence-corrected chi connectivity index (χ1v) is 12.9. The van der Waals surface area contributed by atoms with Crippen molar-refractivity contribution in [3.05, 3.63) is 84.3 Å². The van der Waals surface area contributed by atoms with Gasteiger partial charge in [-0.25, -0.2) is 12.8 Å². The molecule has 36 heavy (non-hydrogen) atoms. The van der Waals surface area contributed by atoms with Gasteiger partial charge >= 0.3 is 0 Å². The summed E-state index contributed by atoms with van der Waals surface area (Å²) in [6.45, 7) is 2.63. The van der Waals surface area contributed by atoms with E-state index in [4.69, 9.17) is 0 Å². The molecule has 0 aliphatic rings. The van der Waals surface area contributed by atoms with E-state index in [0.717, 1.165) is 17.7 Å². The van der Waals surface area contributed by atoms with E-state index >= 15 is 0 Å². The van der Waals surface area contributed by atoms with Gasteiger partial charge in [0.2, 0.25) is 5.91 Å². The molecule has 0 saturated carbocycles. The number of nitrogens with one attached hydrogen (secondary N) is 1. The van der Waals surface area contributed by atoms with E-state index in [0.29, 0.717) is 23.6 Å². The third-order valence-electron chi connectivity index (χ3n) is 5.46. The van der Waals surface area contributed by atoms with Crippen LogP contribution in [0, 0.1) is 5.82 Å². The molecule has 186 valence electrons. The Morgan fingerprint density at radius 2 is 1.83 bits per heavy atom. The molecule has 1 amide bonds. The third-order valence-corrected chi connectivity index (χ3v) is 7.09. The summed E-state index contributed by atoms with van der Waals surface area (Å²) in [6, 6.07) is 12.0. The van der Waals surface area contributed by atoms with E-state index in [1.807, 2.05) is 6.92 Å². The largest absolute Gasteiger partial charge is 0.323 e. The van der Waals surface area contributed by atoms with Gasteiger partial charge in [0.25, 0.3) is 0 Å². The second kappa shape index (κ2) is 10.6. The number of aromatic nitrogens is 5. The Morgan fingerprint density at radius 1 is 1.11 bits per heavy atom. The van der Waals surface area contributed by atoms with Crippen LogP contribution in [-0.4, -0.2) is 38.9 Å². The Balaban J connectivity index is 1.43. The Hall–Kier alpha value is -4.12. The number of amides is 1. The van der Waals surface area contributed by atoms with Crippen LogP contribution < -0.4 is 5.32 Å². The van der Waals surface area contributed by atoms with Crippen LogP contribution in [0.2, 0.25) is 0 Å². The summed E-state index contributed by atoms with van der Waals surface area (Å²) in [4.78, 5) is 12.6. The Bertz CT molecular complexity index is 1490. The first-order valence-electron chi connectivity index (χ1n) is 11.2. The lowest BCUT2D eigenvalue weighted by Gasteiger charge is -2.08. The summed E-state index contributed by atoms with van der Waals surface area (Å²) < 4.78 is 42.3. The van der Waals surface area contributed by atoms with Gasteiger partial charge in [-0.3, -0.25) is 9.48 Å². The molecule has 0 aliphatic heterocycles. The first kappa shape index (κ1) is 25.0. The van der Waals surface area contributed by atoms with E-state index in [-0.39, 0.29) is 16.5 Å². The molecule has 1 N–H and O–H groups in total. The Morgan fingerprint density at radius 3 is 2.53 bits per heavy atom. The molecule has 0 fully saturated rings. The number of benzene rings is 2. The van der Waals surface area contributed by atoms with Crippen LogP contribution in [0.25, 0.3) is 17.3 Å². The van der Waals surface area contributed by atoms with Crippen molar-refractivity contribution in [2.24, 2.45) is 7.05 Å². The number of nitrogens with zero attached hydrogens (tertiary/aromatic N) is 5. The van der Waals surface area contributed by atoms with Gasteiger partial charge in [0.1, 0.15) is 23.7 Å². The van der Waals surface area contributed by atoms with Crippen molar-refractivity contribution >= 4 is 27.5 Å². The summed E-state index contributed by atoms with van der Waals surface area (Å²) in [6.07, 6.45) is 6.95. The van der Waals surface area contributed by atoms with Gasteiger partial charge in [-0.15, -0.1) is 10.2 Å². The van der Waals surface area contributed by atoms with Crippen LogP contribution in [0.5, 0.6) is 0 Å². The zero-order chi connectivity index (χ0) is 25.7. The fraction of sp³-hybridized carbons (Fsp3) is 0.200. The van der Waals surface area contributed by atoms with Crippen molar-refractivity contribution in [2.75, 3.05) is 5.32 Å². The van der Waals surface area contributed by atoms with Gasteiger partial charge in [-0.05, 0) is 61.0 Å². The maximum Gasteiger partial charge on any atom is 0.248 e. The molecule has 2 heterocycles. The highest BCUT2D eigenvalue weighted by Crippen LogP contribution is 2.24. The maximum atomic E-state index is 13.3. The number of hydrogen-bond acceptors (Lipinski definition) is 6. The molecule has 4 aromatic rings. The number of halogens is 1. The number of aryl methyl sites for hydroxylation is 2. The van der Waals surface area contributed by atoms with Crippen LogP contribution in [-0.2, 0) is 34.0 Å². The number of carbonyl (C=O) groups is 1. The molecule has 0 aliphatic carbocycles. The van der Waals surface area contributed by atoms with Crippen LogP contribution in [0.15, 0.2) is 72.0 Å². The number of rotatable bonds is 9. The molecule has 0 bridgehead atoms. The van der Waals surface area contributed by atoms with Gasteiger partial charge in [0, 0.05) is 36.5 Å². The minimum Gasteiger partial charge on any atom is -0.323 e. The smallest absolute Gasteiger partial charge is 0.248 e. The molecule has 0 saturated heterocycles. The Labute approximate surface area is 208 Å². The standard InChI is InChI=1S/C25H25FN6O3S/c1-3-14-32-17-27-30-23(32)16-36(34,35)22-11-9-21(10-12-22)29-24(33)13-6-19-15-28-31(2)25(19)18-4-7-20(26)8-5-18/h4-13,15,17H,3,14,16H2,1-2H3,(H,29,33)/b13-6+. The molecule has 0 radical (unpaired) electrons. The molecular formula is C25H25FN6O3S. The van der Waals surface area contributed by atoms with Gasteiger partial charge in [0.15, 0.2) is 9.84 Å². The molecule has 0 atom stereocenters. The highest BCUT2D eigenvalue weighted by atomic mass is 32.2. The highest BCUT2D eigenvalue weighted by Gasteiger charge is 2.19. The third kappa shape index (κ3) is 5.74. The van der Waals surface area contributed by atoms with Gasteiger partial charge in [-0.2, -0.15) is 5.10 Å². The Kier molecular flexibility index (Phi) is 7.39. The SMILES string of the molecule is CCCn1cnnc1CS(=O)(=O)c1ccc(NC(=O)/C=C/c2cnn(C)c2-c2ccc(F)cc2)cc1. The normalized spacial score (nSPS) is 11.8. The molecular weight excluding hydrogens is 483 g/mol. The number of hydrogen-bond donors (Lipinski definition) is 1. The average Bonchev–Trinajstić information content (AvgIpc) is 3.44. The fourth-order valence-corrected chi connectivity index (χ4v) is 4.99. The zero-order valence-corrected chi connectivity index (χ0v) is 20.6. The first-order chi connectivity index (χ1) is 17.3. The minimum atomic E-state index is -3.63. The van der Waals surface area contributed by atoms with E-state index in [1.54, 1.807) is 40.7 Å². The fourth-order valence-electron chi connectivity index (χ4n) is 3.70. The van der Waals surface area contributed by atoms with Gasteiger partial charge in [-0.1, -0.05) is 6.92 Å². The van der Waals surface area contributed by atoms with Crippen LogP contribution in [0.4, 0.5) is 10.1 Å². The quantitative estimate of drug-likeness (QED) is 0.344. The molecule has 4 rings (SSSR count). The second-order valence-corrected chi connectivity index (χ2v) is 10.1.